The van der Waals surface area contributed by atoms with Crippen LogP contribution < -0.4 is 10.2 Å². The molecule has 0 radical (unpaired) electrons. The third-order valence-corrected chi connectivity index (χ3v) is 5.21. The zero-order valence-corrected chi connectivity index (χ0v) is 16.5. The second-order valence-corrected chi connectivity index (χ2v) is 7.54. The van der Waals surface area contributed by atoms with Crippen molar-refractivity contribution < 1.29 is 4.79 Å². The summed E-state index contributed by atoms with van der Waals surface area (Å²) in [5.41, 5.74) is 3.22. The van der Waals surface area contributed by atoms with Gasteiger partial charge in [-0.05, 0) is 36.8 Å². The molecule has 1 saturated heterocycles. The number of nitrogens with zero attached hydrogens (tertiary/aromatic N) is 2. The number of piperazine rings is 1. The van der Waals surface area contributed by atoms with E-state index in [0.29, 0.717) is 17.3 Å². The molecule has 1 aliphatic rings. The molecule has 1 N–H and O–H groups in total. The van der Waals surface area contributed by atoms with Crippen LogP contribution in [0.2, 0.25) is 5.02 Å². The van der Waals surface area contributed by atoms with E-state index in [1.165, 1.54) is 11.3 Å². The Morgan fingerprint density at radius 3 is 2.56 bits per heavy atom. The molecule has 4 nitrogen and oxygen atoms in total. The molecular formula is C19H21BrClN3O. The van der Waals surface area contributed by atoms with Crippen molar-refractivity contribution in [2.24, 2.45) is 0 Å². The fourth-order valence-electron chi connectivity index (χ4n) is 3.05. The van der Waals surface area contributed by atoms with Crippen molar-refractivity contribution in [3.8, 4) is 0 Å². The van der Waals surface area contributed by atoms with Gasteiger partial charge in [-0.3, -0.25) is 9.69 Å². The summed E-state index contributed by atoms with van der Waals surface area (Å²) in [5.74, 6) is -0.0337. The SMILES string of the molecule is Cc1ccccc1N1CCN(CC(=O)Nc2ccc(Br)cc2Cl)CC1. The number of nitrogens with one attached hydrogen (secondary N) is 1. The smallest absolute Gasteiger partial charge is 0.238 e. The second-order valence-electron chi connectivity index (χ2n) is 6.22. The lowest BCUT2D eigenvalue weighted by atomic mass is 10.1. The summed E-state index contributed by atoms with van der Waals surface area (Å²) in [6.45, 7) is 6.12. The highest BCUT2D eigenvalue weighted by molar-refractivity contribution is 9.10. The van der Waals surface area contributed by atoms with Gasteiger partial charge >= 0.3 is 0 Å². The molecule has 0 spiro atoms. The van der Waals surface area contributed by atoms with Crippen LogP contribution in [0.1, 0.15) is 5.56 Å². The fourth-order valence-corrected chi connectivity index (χ4v) is 3.77. The van der Waals surface area contributed by atoms with Crippen LogP contribution in [0.5, 0.6) is 0 Å². The van der Waals surface area contributed by atoms with Crippen molar-refractivity contribution in [3.05, 3.63) is 57.5 Å². The van der Waals surface area contributed by atoms with Gasteiger partial charge in [-0.25, -0.2) is 0 Å². The number of carbonyl (C=O) groups is 1. The van der Waals surface area contributed by atoms with E-state index in [1.807, 2.05) is 6.07 Å². The van der Waals surface area contributed by atoms with Crippen LogP contribution in [0.3, 0.4) is 0 Å². The Morgan fingerprint density at radius 2 is 1.88 bits per heavy atom. The normalized spacial score (nSPS) is 15.2. The summed E-state index contributed by atoms with van der Waals surface area (Å²) < 4.78 is 0.892. The third-order valence-electron chi connectivity index (χ3n) is 4.40. The first kappa shape index (κ1) is 18.2. The molecule has 132 valence electrons. The number of benzene rings is 2. The van der Waals surface area contributed by atoms with Gasteiger partial charge in [0.15, 0.2) is 0 Å². The molecule has 0 unspecified atom stereocenters. The number of para-hydroxylation sites is 1. The number of rotatable bonds is 4. The van der Waals surface area contributed by atoms with Gasteiger partial charge in [0.2, 0.25) is 5.91 Å². The third kappa shape index (κ3) is 4.75. The van der Waals surface area contributed by atoms with Crippen molar-refractivity contribution in [2.45, 2.75) is 6.92 Å². The highest BCUT2D eigenvalue weighted by atomic mass is 79.9. The second kappa shape index (κ2) is 8.21. The standard InChI is InChI=1S/C19H21BrClN3O/c1-14-4-2-3-5-18(14)24-10-8-23(9-11-24)13-19(25)22-17-7-6-15(20)12-16(17)21/h2-7,12H,8-11,13H2,1H3,(H,22,25). The summed E-state index contributed by atoms with van der Waals surface area (Å²) in [7, 11) is 0. The molecule has 1 amide bonds. The van der Waals surface area contributed by atoms with Gasteiger partial charge in [-0.15, -0.1) is 0 Å². The van der Waals surface area contributed by atoms with Crippen LogP contribution >= 0.6 is 27.5 Å². The summed E-state index contributed by atoms with van der Waals surface area (Å²) in [6.07, 6.45) is 0. The molecule has 6 heteroatoms. The number of hydrogen-bond acceptors (Lipinski definition) is 3. The zero-order valence-electron chi connectivity index (χ0n) is 14.1. The maximum atomic E-state index is 12.3. The van der Waals surface area contributed by atoms with Crippen LogP contribution in [-0.2, 0) is 4.79 Å². The Bertz CT molecular complexity index is 760. The fraction of sp³-hybridized carbons (Fsp3) is 0.316. The van der Waals surface area contributed by atoms with Crippen molar-refractivity contribution in [2.75, 3.05) is 42.9 Å². The minimum Gasteiger partial charge on any atom is -0.369 e. The van der Waals surface area contributed by atoms with Gasteiger partial charge < -0.3 is 10.2 Å². The average Bonchev–Trinajstić information content (AvgIpc) is 2.59. The van der Waals surface area contributed by atoms with E-state index in [4.69, 9.17) is 11.6 Å². The lowest BCUT2D eigenvalue weighted by Gasteiger charge is -2.36. The molecule has 0 aromatic heterocycles. The molecule has 0 bridgehead atoms. The molecule has 3 rings (SSSR count). The van der Waals surface area contributed by atoms with E-state index in [2.05, 4.69) is 62.2 Å². The van der Waals surface area contributed by atoms with Crippen molar-refractivity contribution in [1.82, 2.24) is 4.90 Å². The van der Waals surface area contributed by atoms with Crippen LogP contribution in [0.4, 0.5) is 11.4 Å². The highest BCUT2D eigenvalue weighted by Crippen LogP contribution is 2.25. The Morgan fingerprint density at radius 1 is 1.16 bits per heavy atom. The predicted molar refractivity (Wildman–Crippen MR) is 108 cm³/mol. The van der Waals surface area contributed by atoms with Gasteiger partial charge in [0.25, 0.3) is 0 Å². The Kier molecular flexibility index (Phi) is 5.99. The molecule has 1 aliphatic heterocycles. The van der Waals surface area contributed by atoms with Gasteiger partial charge in [-0.1, -0.05) is 45.7 Å². The molecular weight excluding hydrogens is 402 g/mol. The first-order valence-electron chi connectivity index (χ1n) is 8.31. The lowest BCUT2D eigenvalue weighted by molar-refractivity contribution is -0.117. The number of anilines is 2. The Balaban J connectivity index is 1.52. The monoisotopic (exact) mass is 421 g/mol. The Hall–Kier alpha value is -1.56. The molecule has 1 heterocycles. The summed E-state index contributed by atoms with van der Waals surface area (Å²) in [4.78, 5) is 16.8. The molecule has 25 heavy (non-hydrogen) atoms. The van der Waals surface area contributed by atoms with E-state index in [0.717, 1.165) is 30.7 Å². The number of aryl methyl sites for hydroxylation is 1. The largest absolute Gasteiger partial charge is 0.369 e. The molecule has 1 fully saturated rings. The van der Waals surface area contributed by atoms with E-state index in [-0.39, 0.29) is 5.91 Å². The molecule has 0 aliphatic carbocycles. The molecule has 0 atom stereocenters. The maximum absolute atomic E-state index is 12.3. The number of carbonyl (C=O) groups excluding carboxylic acids is 1. The number of hydrogen-bond donors (Lipinski definition) is 1. The minimum absolute atomic E-state index is 0.0337. The van der Waals surface area contributed by atoms with Gasteiger partial charge in [-0.2, -0.15) is 0 Å². The van der Waals surface area contributed by atoms with E-state index in [9.17, 15) is 4.79 Å². The van der Waals surface area contributed by atoms with Crippen LogP contribution in [0, 0.1) is 6.92 Å². The van der Waals surface area contributed by atoms with Gasteiger partial charge in [0.1, 0.15) is 0 Å². The van der Waals surface area contributed by atoms with Crippen LogP contribution in [0.25, 0.3) is 0 Å². The van der Waals surface area contributed by atoms with Crippen molar-refractivity contribution >= 4 is 44.8 Å². The topological polar surface area (TPSA) is 35.6 Å². The zero-order chi connectivity index (χ0) is 17.8. The van der Waals surface area contributed by atoms with Gasteiger partial charge in [0.05, 0.1) is 17.3 Å². The highest BCUT2D eigenvalue weighted by Gasteiger charge is 2.20. The summed E-state index contributed by atoms with van der Waals surface area (Å²) in [5, 5.41) is 3.42. The van der Waals surface area contributed by atoms with E-state index >= 15 is 0 Å². The Labute approximate surface area is 161 Å². The predicted octanol–water partition coefficient (Wildman–Crippen LogP) is 4.17. The number of halogens is 2. The van der Waals surface area contributed by atoms with Gasteiger partial charge in [0, 0.05) is 36.3 Å². The average molecular weight is 423 g/mol. The van der Waals surface area contributed by atoms with E-state index in [1.54, 1.807) is 12.1 Å². The van der Waals surface area contributed by atoms with Crippen molar-refractivity contribution in [3.63, 3.8) is 0 Å². The quantitative estimate of drug-likeness (QED) is 0.803. The summed E-state index contributed by atoms with van der Waals surface area (Å²) >= 11 is 9.52. The van der Waals surface area contributed by atoms with Crippen molar-refractivity contribution in [1.29, 1.82) is 0 Å². The molecule has 0 saturated carbocycles. The van der Waals surface area contributed by atoms with Crippen LogP contribution in [-0.4, -0.2) is 43.5 Å². The molecule has 2 aromatic rings. The minimum atomic E-state index is -0.0337. The first-order valence-corrected chi connectivity index (χ1v) is 9.48. The molecule has 2 aromatic carbocycles. The first-order chi connectivity index (χ1) is 12.0. The number of amides is 1. The maximum Gasteiger partial charge on any atom is 0.238 e. The van der Waals surface area contributed by atoms with Crippen LogP contribution in [0.15, 0.2) is 46.9 Å². The summed E-state index contributed by atoms with van der Waals surface area (Å²) in [6, 6.07) is 13.9. The van der Waals surface area contributed by atoms with E-state index < -0.39 is 0 Å². The lowest BCUT2D eigenvalue weighted by Crippen LogP contribution is -2.48.